The Balaban J connectivity index is 3.66. The van der Waals surface area contributed by atoms with Crippen molar-refractivity contribution in [2.45, 2.75) is 218 Å². The number of aliphatic hydroxyl groups is 3. The van der Waals surface area contributed by atoms with Gasteiger partial charge in [-0.05, 0) is 38.5 Å². The number of carbonyl (C=O) groups excluding carboxylic acids is 1. The van der Waals surface area contributed by atoms with Crippen molar-refractivity contribution in [3.63, 3.8) is 0 Å². The van der Waals surface area contributed by atoms with Crippen LogP contribution in [-0.4, -0.2) is 46.1 Å². The van der Waals surface area contributed by atoms with E-state index in [1.54, 1.807) is 6.08 Å². The van der Waals surface area contributed by atoms with Crippen molar-refractivity contribution < 1.29 is 20.1 Å². The molecule has 3 atom stereocenters. The van der Waals surface area contributed by atoms with Crippen molar-refractivity contribution in [2.75, 3.05) is 6.61 Å². The maximum Gasteiger partial charge on any atom is 0.222 e. The van der Waals surface area contributed by atoms with Crippen molar-refractivity contribution in [3.05, 3.63) is 24.3 Å². The van der Waals surface area contributed by atoms with Gasteiger partial charge in [0.2, 0.25) is 5.91 Å². The normalized spacial score (nSPS) is 14.0. The lowest BCUT2D eigenvalue weighted by Gasteiger charge is -2.21. The smallest absolute Gasteiger partial charge is 0.222 e. The van der Waals surface area contributed by atoms with Crippen LogP contribution in [0.25, 0.3) is 0 Å². The lowest BCUT2D eigenvalue weighted by molar-refractivity contribution is -0.124. The molecule has 0 aromatic rings. The van der Waals surface area contributed by atoms with Crippen molar-refractivity contribution >= 4 is 5.91 Å². The Morgan fingerprint density at radius 1 is 0.556 bits per heavy atom. The summed E-state index contributed by atoms with van der Waals surface area (Å²) in [5.74, 6) is -0.327. The van der Waals surface area contributed by atoms with Gasteiger partial charge in [0.25, 0.3) is 0 Å². The third-order valence-electron chi connectivity index (χ3n) is 8.98. The van der Waals surface area contributed by atoms with Crippen LogP contribution in [0.2, 0.25) is 0 Å². The predicted octanol–water partition coefficient (Wildman–Crippen LogP) is 10.7. The molecule has 266 valence electrons. The van der Waals surface area contributed by atoms with E-state index in [9.17, 15) is 20.1 Å². The summed E-state index contributed by atoms with van der Waals surface area (Å²) >= 11 is 0. The Labute approximate surface area is 280 Å². The van der Waals surface area contributed by atoms with Crippen molar-refractivity contribution in [1.82, 2.24) is 5.32 Å². The predicted molar refractivity (Wildman–Crippen MR) is 195 cm³/mol. The van der Waals surface area contributed by atoms with Crippen LogP contribution in [0.3, 0.4) is 0 Å². The molecule has 0 aliphatic rings. The molecule has 0 aromatic heterocycles. The number of unbranched alkanes of at least 4 members (excludes halogenated alkanes) is 24. The molecule has 5 heteroatoms. The largest absolute Gasteiger partial charge is 0.394 e. The standard InChI is InChI=1S/C40H77NO4/c1-3-5-7-9-11-13-14-15-16-17-18-19-20-21-22-23-24-26-28-30-32-34-39(44)38(36-42)41-40(45)35-37(43)33-31-29-27-25-12-10-8-6-4-2/h10,12,32,34,37-39,42-44H,3-9,11,13-31,33,35-36H2,1-2H3,(H,41,45)/b12-10-,34-32+. The van der Waals surface area contributed by atoms with Gasteiger partial charge < -0.3 is 20.6 Å². The lowest BCUT2D eigenvalue weighted by atomic mass is 10.0. The van der Waals surface area contributed by atoms with E-state index >= 15 is 0 Å². The Kier molecular flexibility index (Phi) is 34.8. The quantitative estimate of drug-likeness (QED) is 0.0412. The Morgan fingerprint density at radius 3 is 1.42 bits per heavy atom. The fraction of sp³-hybridized carbons (Fsp3) is 0.875. The van der Waals surface area contributed by atoms with E-state index in [1.165, 1.54) is 128 Å². The molecule has 0 heterocycles. The Hall–Kier alpha value is -1.17. The number of aliphatic hydroxyl groups excluding tert-OH is 3. The van der Waals surface area contributed by atoms with Crippen LogP contribution in [0.4, 0.5) is 0 Å². The minimum Gasteiger partial charge on any atom is -0.394 e. The topological polar surface area (TPSA) is 89.8 Å². The van der Waals surface area contributed by atoms with Crippen LogP contribution in [0.5, 0.6) is 0 Å². The van der Waals surface area contributed by atoms with Gasteiger partial charge >= 0.3 is 0 Å². The summed E-state index contributed by atoms with van der Waals surface area (Å²) in [5, 5.41) is 33.0. The van der Waals surface area contributed by atoms with E-state index in [0.29, 0.717) is 6.42 Å². The van der Waals surface area contributed by atoms with E-state index in [2.05, 4.69) is 31.3 Å². The highest BCUT2D eigenvalue weighted by Crippen LogP contribution is 2.15. The Bertz CT molecular complexity index is 665. The molecule has 45 heavy (non-hydrogen) atoms. The minimum atomic E-state index is -0.929. The third kappa shape index (κ3) is 32.6. The number of nitrogens with one attached hydrogen (secondary N) is 1. The summed E-state index contributed by atoms with van der Waals surface area (Å²) in [6.45, 7) is 4.15. The van der Waals surface area contributed by atoms with Gasteiger partial charge in [0.15, 0.2) is 0 Å². The maximum atomic E-state index is 12.3. The van der Waals surface area contributed by atoms with Crippen molar-refractivity contribution in [3.8, 4) is 0 Å². The second-order valence-electron chi connectivity index (χ2n) is 13.5. The summed E-state index contributed by atoms with van der Waals surface area (Å²) in [5.41, 5.74) is 0. The number of hydrogen-bond donors (Lipinski definition) is 4. The van der Waals surface area contributed by atoms with Crippen molar-refractivity contribution in [2.24, 2.45) is 0 Å². The highest BCUT2D eigenvalue weighted by molar-refractivity contribution is 5.76. The molecule has 0 aliphatic carbocycles. The zero-order chi connectivity index (χ0) is 33.1. The van der Waals surface area contributed by atoms with Crippen LogP contribution in [0, 0.1) is 0 Å². The summed E-state index contributed by atoms with van der Waals surface area (Å²) in [7, 11) is 0. The molecule has 0 rings (SSSR count). The van der Waals surface area contributed by atoms with Crippen LogP contribution in [0.15, 0.2) is 24.3 Å². The van der Waals surface area contributed by atoms with Crippen LogP contribution < -0.4 is 5.32 Å². The van der Waals surface area contributed by atoms with Gasteiger partial charge in [0, 0.05) is 0 Å². The molecule has 0 spiro atoms. The van der Waals surface area contributed by atoms with E-state index in [0.717, 1.165) is 44.9 Å². The molecule has 0 radical (unpaired) electrons. The molecule has 0 aliphatic heterocycles. The first-order chi connectivity index (χ1) is 22.0. The van der Waals surface area contributed by atoms with Crippen LogP contribution >= 0.6 is 0 Å². The molecule has 4 N–H and O–H groups in total. The second kappa shape index (κ2) is 35.7. The van der Waals surface area contributed by atoms with Crippen LogP contribution in [0.1, 0.15) is 200 Å². The number of hydrogen-bond acceptors (Lipinski definition) is 4. The average Bonchev–Trinajstić information content (AvgIpc) is 3.03. The fourth-order valence-corrected chi connectivity index (χ4v) is 5.91. The minimum absolute atomic E-state index is 0.00319. The average molecular weight is 636 g/mol. The zero-order valence-corrected chi connectivity index (χ0v) is 30.0. The fourth-order valence-electron chi connectivity index (χ4n) is 5.91. The third-order valence-corrected chi connectivity index (χ3v) is 8.98. The van der Waals surface area contributed by atoms with Gasteiger partial charge in [-0.1, -0.05) is 179 Å². The second-order valence-corrected chi connectivity index (χ2v) is 13.5. The number of allylic oxidation sites excluding steroid dienone is 3. The molecule has 0 bridgehead atoms. The first-order valence-corrected chi connectivity index (χ1v) is 19.6. The molecular formula is C40H77NO4. The lowest BCUT2D eigenvalue weighted by Crippen LogP contribution is -2.45. The molecular weight excluding hydrogens is 558 g/mol. The zero-order valence-electron chi connectivity index (χ0n) is 30.0. The maximum absolute atomic E-state index is 12.3. The SMILES string of the molecule is CCCC/C=C\CCCCCC(O)CC(=O)NC(CO)C(O)/C=C/CCCCCCCCCCCCCCCCCCCCC. The summed E-state index contributed by atoms with van der Waals surface area (Å²) in [6.07, 6.45) is 41.8. The molecule has 0 aromatic carbocycles. The highest BCUT2D eigenvalue weighted by Gasteiger charge is 2.20. The van der Waals surface area contributed by atoms with Gasteiger partial charge in [0.05, 0.1) is 31.3 Å². The van der Waals surface area contributed by atoms with Gasteiger partial charge in [-0.25, -0.2) is 0 Å². The first kappa shape index (κ1) is 43.8. The van der Waals surface area contributed by atoms with E-state index in [-0.39, 0.29) is 18.9 Å². The molecule has 5 nitrogen and oxygen atoms in total. The summed E-state index contributed by atoms with van der Waals surface area (Å²) < 4.78 is 0. The number of amides is 1. The molecule has 0 saturated heterocycles. The first-order valence-electron chi connectivity index (χ1n) is 19.6. The molecule has 0 saturated carbocycles. The monoisotopic (exact) mass is 636 g/mol. The van der Waals surface area contributed by atoms with E-state index < -0.39 is 18.2 Å². The Morgan fingerprint density at radius 2 is 0.956 bits per heavy atom. The summed E-state index contributed by atoms with van der Waals surface area (Å²) in [4.78, 5) is 12.3. The number of rotatable bonds is 35. The number of carbonyl (C=O) groups is 1. The van der Waals surface area contributed by atoms with Gasteiger partial charge in [-0.2, -0.15) is 0 Å². The molecule has 1 amide bonds. The highest BCUT2D eigenvalue weighted by atomic mass is 16.3. The van der Waals surface area contributed by atoms with E-state index in [1.807, 2.05) is 6.08 Å². The van der Waals surface area contributed by atoms with Gasteiger partial charge in [0.1, 0.15) is 0 Å². The molecule has 3 unspecified atom stereocenters. The summed E-state index contributed by atoms with van der Waals surface area (Å²) in [6, 6.07) is -0.745. The van der Waals surface area contributed by atoms with E-state index in [4.69, 9.17) is 0 Å². The molecule has 0 fully saturated rings. The van der Waals surface area contributed by atoms with Gasteiger partial charge in [-0.3, -0.25) is 4.79 Å². The van der Waals surface area contributed by atoms with Gasteiger partial charge in [-0.15, -0.1) is 0 Å². The van der Waals surface area contributed by atoms with Crippen molar-refractivity contribution in [1.29, 1.82) is 0 Å². The van der Waals surface area contributed by atoms with Crippen LogP contribution in [-0.2, 0) is 4.79 Å².